The van der Waals surface area contributed by atoms with Gasteiger partial charge in [-0.15, -0.1) is 0 Å². The summed E-state index contributed by atoms with van der Waals surface area (Å²) in [6.07, 6.45) is 0. The fourth-order valence-electron chi connectivity index (χ4n) is 1.08. The number of carboxylic acid groups (broad SMARTS) is 1. The standard InChI is InChI=1S/C9H10FNO5S/c10-6-3-1-2-4-8(6)17(15,16)11-7(5-12)9(13)14/h1-4,7,11-12H,5H2,(H,13,14). The first kappa shape index (κ1) is 13.6. The molecule has 0 aliphatic heterocycles. The number of hydrogen-bond acceptors (Lipinski definition) is 4. The molecular formula is C9H10FNO5S. The molecular weight excluding hydrogens is 253 g/mol. The van der Waals surface area contributed by atoms with Crippen LogP contribution in [0, 0.1) is 5.82 Å². The van der Waals surface area contributed by atoms with Crippen molar-refractivity contribution in [2.75, 3.05) is 6.61 Å². The molecule has 0 radical (unpaired) electrons. The maximum atomic E-state index is 13.2. The van der Waals surface area contributed by atoms with E-state index >= 15 is 0 Å². The first-order valence-electron chi connectivity index (χ1n) is 4.49. The second-order valence-electron chi connectivity index (χ2n) is 3.13. The third-order valence-electron chi connectivity index (χ3n) is 1.90. The van der Waals surface area contributed by atoms with E-state index in [-0.39, 0.29) is 0 Å². The monoisotopic (exact) mass is 263 g/mol. The summed E-state index contributed by atoms with van der Waals surface area (Å²) in [7, 11) is -4.31. The second kappa shape index (κ2) is 5.21. The molecule has 1 unspecified atom stereocenters. The van der Waals surface area contributed by atoms with Crippen molar-refractivity contribution < 1.29 is 27.8 Å². The molecule has 6 nitrogen and oxygen atoms in total. The van der Waals surface area contributed by atoms with Crippen LogP contribution >= 0.6 is 0 Å². The zero-order valence-electron chi connectivity index (χ0n) is 8.50. The highest BCUT2D eigenvalue weighted by atomic mass is 32.2. The number of benzene rings is 1. The van der Waals surface area contributed by atoms with Crippen molar-refractivity contribution in [2.24, 2.45) is 0 Å². The summed E-state index contributed by atoms with van der Waals surface area (Å²) in [4.78, 5) is 9.88. The molecule has 0 aliphatic carbocycles. The van der Waals surface area contributed by atoms with Crippen molar-refractivity contribution in [1.29, 1.82) is 0 Å². The summed E-state index contributed by atoms with van der Waals surface area (Å²) in [6.45, 7) is -0.928. The maximum absolute atomic E-state index is 13.2. The number of carbonyl (C=O) groups is 1. The Balaban J connectivity index is 3.05. The van der Waals surface area contributed by atoms with Crippen molar-refractivity contribution in [3.05, 3.63) is 30.1 Å². The van der Waals surface area contributed by atoms with Gasteiger partial charge < -0.3 is 10.2 Å². The van der Waals surface area contributed by atoms with E-state index < -0.39 is 39.4 Å². The van der Waals surface area contributed by atoms with E-state index in [1.807, 2.05) is 0 Å². The van der Waals surface area contributed by atoms with Crippen molar-refractivity contribution in [2.45, 2.75) is 10.9 Å². The Morgan fingerprint density at radius 3 is 2.47 bits per heavy atom. The summed E-state index contributed by atoms with van der Waals surface area (Å²) in [5.41, 5.74) is 0. The van der Waals surface area contributed by atoms with Gasteiger partial charge in [0.05, 0.1) is 6.61 Å². The van der Waals surface area contributed by atoms with Gasteiger partial charge in [0, 0.05) is 0 Å². The minimum atomic E-state index is -4.31. The summed E-state index contributed by atoms with van der Waals surface area (Å²) >= 11 is 0. The number of halogens is 1. The molecule has 3 N–H and O–H groups in total. The van der Waals surface area contributed by atoms with Crippen LogP contribution in [-0.4, -0.2) is 37.2 Å². The van der Waals surface area contributed by atoms with Crippen LogP contribution in [0.5, 0.6) is 0 Å². The molecule has 1 atom stereocenters. The van der Waals surface area contributed by atoms with E-state index in [0.717, 1.165) is 12.1 Å². The lowest BCUT2D eigenvalue weighted by molar-refractivity contribution is -0.139. The number of aliphatic hydroxyl groups excluding tert-OH is 1. The van der Waals surface area contributed by atoms with Gasteiger partial charge >= 0.3 is 5.97 Å². The Hall–Kier alpha value is -1.51. The van der Waals surface area contributed by atoms with E-state index in [2.05, 4.69) is 0 Å². The number of aliphatic carboxylic acids is 1. The Morgan fingerprint density at radius 1 is 1.41 bits per heavy atom. The van der Waals surface area contributed by atoms with E-state index in [1.54, 1.807) is 4.72 Å². The maximum Gasteiger partial charge on any atom is 0.324 e. The molecule has 94 valence electrons. The third kappa shape index (κ3) is 3.22. The average molecular weight is 263 g/mol. The van der Waals surface area contributed by atoms with Gasteiger partial charge in [-0.2, -0.15) is 4.72 Å². The molecule has 1 aromatic rings. The fourth-order valence-corrected chi connectivity index (χ4v) is 2.34. The first-order valence-corrected chi connectivity index (χ1v) is 5.97. The van der Waals surface area contributed by atoms with Crippen LogP contribution in [0.3, 0.4) is 0 Å². The molecule has 1 aromatic carbocycles. The van der Waals surface area contributed by atoms with Crippen molar-refractivity contribution in [3.63, 3.8) is 0 Å². The van der Waals surface area contributed by atoms with E-state index in [9.17, 15) is 17.6 Å². The highest BCUT2D eigenvalue weighted by Crippen LogP contribution is 2.13. The van der Waals surface area contributed by atoms with Crippen LogP contribution in [0.1, 0.15) is 0 Å². The number of aliphatic hydroxyl groups is 1. The summed E-state index contributed by atoms with van der Waals surface area (Å²) < 4.78 is 38.1. The van der Waals surface area contributed by atoms with Crippen molar-refractivity contribution in [1.82, 2.24) is 4.72 Å². The molecule has 0 fully saturated rings. The Bertz CT molecular complexity index is 516. The average Bonchev–Trinajstić information content (AvgIpc) is 2.26. The summed E-state index contributed by atoms with van der Waals surface area (Å²) in [5.74, 6) is -2.55. The van der Waals surface area contributed by atoms with E-state index in [1.165, 1.54) is 12.1 Å². The molecule has 0 bridgehead atoms. The molecule has 0 spiro atoms. The fraction of sp³-hybridized carbons (Fsp3) is 0.222. The van der Waals surface area contributed by atoms with Gasteiger partial charge in [-0.05, 0) is 12.1 Å². The van der Waals surface area contributed by atoms with E-state index in [4.69, 9.17) is 10.2 Å². The van der Waals surface area contributed by atoms with Gasteiger partial charge in [-0.25, -0.2) is 12.8 Å². The van der Waals surface area contributed by atoms with Crippen molar-refractivity contribution >= 4 is 16.0 Å². The number of rotatable bonds is 5. The molecule has 0 aliphatic rings. The summed E-state index contributed by atoms with van der Waals surface area (Å²) in [5, 5.41) is 17.2. The lowest BCUT2D eigenvalue weighted by atomic mass is 10.3. The SMILES string of the molecule is O=C(O)C(CO)NS(=O)(=O)c1ccccc1F. The largest absolute Gasteiger partial charge is 0.480 e. The zero-order valence-corrected chi connectivity index (χ0v) is 9.32. The van der Waals surface area contributed by atoms with Gasteiger partial charge in [0.15, 0.2) is 0 Å². The van der Waals surface area contributed by atoms with Crippen molar-refractivity contribution in [3.8, 4) is 0 Å². The second-order valence-corrected chi connectivity index (χ2v) is 4.81. The highest BCUT2D eigenvalue weighted by Gasteiger charge is 2.26. The molecule has 0 saturated heterocycles. The lowest BCUT2D eigenvalue weighted by Gasteiger charge is -2.12. The van der Waals surface area contributed by atoms with Crippen LogP contribution in [0.2, 0.25) is 0 Å². The zero-order chi connectivity index (χ0) is 13.1. The molecule has 0 heterocycles. The molecule has 1 rings (SSSR count). The first-order chi connectivity index (χ1) is 7.88. The normalized spacial score (nSPS) is 13.3. The van der Waals surface area contributed by atoms with Crippen LogP contribution in [0.25, 0.3) is 0 Å². The molecule has 17 heavy (non-hydrogen) atoms. The van der Waals surface area contributed by atoms with E-state index in [0.29, 0.717) is 0 Å². The molecule has 0 amide bonds. The Kier molecular flexibility index (Phi) is 4.16. The Morgan fingerprint density at radius 2 is 2.00 bits per heavy atom. The van der Waals surface area contributed by atoms with Crippen LogP contribution in [-0.2, 0) is 14.8 Å². The van der Waals surface area contributed by atoms with Gasteiger partial charge in [0.2, 0.25) is 10.0 Å². The number of sulfonamides is 1. The number of carboxylic acids is 1. The third-order valence-corrected chi connectivity index (χ3v) is 3.41. The smallest absolute Gasteiger partial charge is 0.324 e. The molecule has 8 heteroatoms. The Labute approximate surface area is 96.8 Å². The number of hydrogen-bond donors (Lipinski definition) is 3. The van der Waals surface area contributed by atoms with Gasteiger partial charge in [-0.3, -0.25) is 4.79 Å². The van der Waals surface area contributed by atoms with Gasteiger partial charge in [-0.1, -0.05) is 12.1 Å². The van der Waals surface area contributed by atoms with Gasteiger partial charge in [0.25, 0.3) is 0 Å². The minimum absolute atomic E-state index is 0.667. The van der Waals surface area contributed by atoms with Gasteiger partial charge in [0.1, 0.15) is 16.8 Å². The highest BCUT2D eigenvalue weighted by molar-refractivity contribution is 7.89. The van der Waals surface area contributed by atoms with Crippen LogP contribution in [0.4, 0.5) is 4.39 Å². The summed E-state index contributed by atoms with van der Waals surface area (Å²) in [6, 6.07) is 2.82. The van der Waals surface area contributed by atoms with Crippen LogP contribution < -0.4 is 4.72 Å². The predicted molar refractivity (Wildman–Crippen MR) is 55.2 cm³/mol. The minimum Gasteiger partial charge on any atom is -0.480 e. The molecule has 0 aromatic heterocycles. The predicted octanol–water partition coefficient (Wildman–Crippen LogP) is -0.450. The molecule has 0 saturated carbocycles. The number of nitrogens with one attached hydrogen (secondary N) is 1. The lowest BCUT2D eigenvalue weighted by Crippen LogP contribution is -2.43. The van der Waals surface area contributed by atoms with Crippen LogP contribution in [0.15, 0.2) is 29.2 Å². The topological polar surface area (TPSA) is 104 Å². The quantitative estimate of drug-likeness (QED) is 0.667.